The van der Waals surface area contributed by atoms with E-state index < -0.39 is 0 Å². The SMILES string of the molecule is CC(C)CNC(=O)COC(=O)c1cc2c(s1)CC[C@@H](C)C2. The van der Waals surface area contributed by atoms with Crippen LogP contribution < -0.4 is 5.32 Å². The molecule has 1 aromatic rings. The monoisotopic (exact) mass is 309 g/mol. The fourth-order valence-electron chi connectivity index (χ4n) is 2.38. The largest absolute Gasteiger partial charge is 0.451 e. The summed E-state index contributed by atoms with van der Waals surface area (Å²) in [5.41, 5.74) is 1.27. The van der Waals surface area contributed by atoms with E-state index in [4.69, 9.17) is 4.74 Å². The molecule has 5 heteroatoms. The Morgan fingerprint density at radius 2 is 2.24 bits per heavy atom. The average molecular weight is 309 g/mol. The summed E-state index contributed by atoms with van der Waals surface area (Å²) in [6.07, 6.45) is 3.26. The Morgan fingerprint density at radius 1 is 1.48 bits per heavy atom. The number of aryl methyl sites for hydroxylation is 1. The standard InChI is InChI=1S/C16H23NO3S/c1-10(2)8-17-15(18)9-20-16(19)14-7-12-6-11(3)4-5-13(12)21-14/h7,10-11H,4-6,8-9H2,1-3H3,(H,17,18)/t11-/m1/s1. The van der Waals surface area contributed by atoms with Crippen molar-refractivity contribution in [1.29, 1.82) is 0 Å². The number of amides is 1. The van der Waals surface area contributed by atoms with Crippen LogP contribution in [-0.2, 0) is 22.4 Å². The summed E-state index contributed by atoms with van der Waals surface area (Å²) < 4.78 is 5.09. The number of fused-ring (bicyclic) bond motifs is 1. The molecule has 0 aromatic carbocycles. The molecule has 1 amide bonds. The number of esters is 1. The van der Waals surface area contributed by atoms with E-state index in [1.165, 1.54) is 28.2 Å². The normalized spacial score (nSPS) is 17.4. The minimum Gasteiger partial charge on any atom is -0.451 e. The first-order chi connectivity index (χ1) is 9.95. The van der Waals surface area contributed by atoms with Gasteiger partial charge >= 0.3 is 5.97 Å². The molecule has 1 heterocycles. The van der Waals surface area contributed by atoms with Crippen LogP contribution in [-0.4, -0.2) is 25.0 Å². The van der Waals surface area contributed by atoms with Gasteiger partial charge in [0.2, 0.25) is 0 Å². The van der Waals surface area contributed by atoms with Gasteiger partial charge in [0.25, 0.3) is 5.91 Å². The summed E-state index contributed by atoms with van der Waals surface area (Å²) in [5, 5.41) is 2.73. The van der Waals surface area contributed by atoms with Gasteiger partial charge in [-0.15, -0.1) is 11.3 Å². The molecule has 1 atom stereocenters. The number of hydrogen-bond acceptors (Lipinski definition) is 4. The topological polar surface area (TPSA) is 55.4 Å². The van der Waals surface area contributed by atoms with E-state index in [-0.39, 0.29) is 18.5 Å². The second-order valence-electron chi connectivity index (χ2n) is 6.18. The highest BCUT2D eigenvalue weighted by Gasteiger charge is 2.21. The van der Waals surface area contributed by atoms with Crippen LogP contribution in [0.25, 0.3) is 0 Å². The maximum Gasteiger partial charge on any atom is 0.348 e. The highest BCUT2D eigenvalue weighted by molar-refractivity contribution is 7.14. The molecule has 0 saturated heterocycles. The van der Waals surface area contributed by atoms with E-state index in [0.717, 1.165) is 12.8 Å². The number of hydrogen-bond donors (Lipinski definition) is 1. The van der Waals surface area contributed by atoms with Gasteiger partial charge in [-0.25, -0.2) is 4.79 Å². The summed E-state index contributed by atoms with van der Waals surface area (Å²) in [6, 6.07) is 1.93. The average Bonchev–Trinajstić information content (AvgIpc) is 2.85. The lowest BCUT2D eigenvalue weighted by molar-refractivity contribution is -0.124. The molecule has 0 fully saturated rings. The molecular weight excluding hydrogens is 286 g/mol. The van der Waals surface area contributed by atoms with Crippen molar-refractivity contribution >= 4 is 23.2 Å². The van der Waals surface area contributed by atoms with Crippen LogP contribution >= 0.6 is 11.3 Å². The van der Waals surface area contributed by atoms with Crippen molar-refractivity contribution in [3.8, 4) is 0 Å². The van der Waals surface area contributed by atoms with Crippen LogP contribution in [0.4, 0.5) is 0 Å². The third-order valence-corrected chi connectivity index (χ3v) is 4.79. The minimum atomic E-state index is -0.387. The summed E-state index contributed by atoms with van der Waals surface area (Å²) in [5.74, 6) is 0.433. The molecule has 0 unspecified atom stereocenters. The molecule has 0 aliphatic heterocycles. The van der Waals surface area contributed by atoms with Gasteiger partial charge in [0.05, 0.1) is 0 Å². The van der Waals surface area contributed by atoms with Gasteiger partial charge < -0.3 is 10.1 Å². The summed E-state index contributed by atoms with van der Waals surface area (Å²) in [4.78, 5) is 25.4. The lowest BCUT2D eigenvalue weighted by Gasteiger charge is -2.16. The highest BCUT2D eigenvalue weighted by atomic mass is 32.1. The molecule has 0 bridgehead atoms. The van der Waals surface area contributed by atoms with Crippen LogP contribution in [0.15, 0.2) is 6.07 Å². The van der Waals surface area contributed by atoms with Crippen molar-refractivity contribution < 1.29 is 14.3 Å². The van der Waals surface area contributed by atoms with Gasteiger partial charge in [0, 0.05) is 11.4 Å². The summed E-state index contributed by atoms with van der Waals surface area (Å²) in [7, 11) is 0. The van der Waals surface area contributed by atoms with Crippen molar-refractivity contribution in [1.82, 2.24) is 5.32 Å². The molecule has 116 valence electrons. The molecule has 1 aliphatic carbocycles. The molecule has 0 radical (unpaired) electrons. The molecule has 1 aliphatic rings. The first-order valence-corrected chi connectivity index (χ1v) is 8.32. The number of nitrogens with one attached hydrogen (secondary N) is 1. The van der Waals surface area contributed by atoms with Gasteiger partial charge in [-0.1, -0.05) is 20.8 Å². The quantitative estimate of drug-likeness (QED) is 0.851. The molecule has 0 saturated carbocycles. The van der Waals surface area contributed by atoms with Gasteiger partial charge in [-0.05, 0) is 42.7 Å². The van der Waals surface area contributed by atoms with E-state index in [1.807, 2.05) is 19.9 Å². The third kappa shape index (κ3) is 4.56. The Hall–Kier alpha value is -1.36. The number of thiophene rings is 1. The number of rotatable bonds is 5. The fourth-order valence-corrected chi connectivity index (χ4v) is 3.48. The van der Waals surface area contributed by atoms with Crippen LogP contribution in [0.5, 0.6) is 0 Å². The van der Waals surface area contributed by atoms with Crippen LogP contribution in [0, 0.1) is 11.8 Å². The number of carbonyl (C=O) groups excluding carboxylic acids is 2. The summed E-state index contributed by atoms with van der Waals surface area (Å²) >= 11 is 1.51. The molecule has 1 aromatic heterocycles. The van der Waals surface area contributed by atoms with E-state index in [2.05, 4.69) is 12.2 Å². The number of ether oxygens (including phenoxy) is 1. The molecule has 0 spiro atoms. The highest BCUT2D eigenvalue weighted by Crippen LogP contribution is 2.32. The lowest BCUT2D eigenvalue weighted by atomic mass is 9.90. The van der Waals surface area contributed by atoms with E-state index in [1.54, 1.807) is 0 Å². The maximum absolute atomic E-state index is 12.0. The zero-order chi connectivity index (χ0) is 15.4. The van der Waals surface area contributed by atoms with Crippen molar-refractivity contribution in [2.75, 3.05) is 13.2 Å². The van der Waals surface area contributed by atoms with E-state index >= 15 is 0 Å². The van der Waals surface area contributed by atoms with Crippen molar-refractivity contribution in [3.05, 3.63) is 21.4 Å². The minimum absolute atomic E-state index is 0.204. The van der Waals surface area contributed by atoms with E-state index in [0.29, 0.717) is 23.3 Å². The predicted octanol–water partition coefficient (Wildman–Crippen LogP) is 2.80. The molecule has 21 heavy (non-hydrogen) atoms. The van der Waals surface area contributed by atoms with Gasteiger partial charge in [0.1, 0.15) is 4.88 Å². The zero-order valence-electron chi connectivity index (χ0n) is 12.9. The second-order valence-corrected chi connectivity index (χ2v) is 7.32. The van der Waals surface area contributed by atoms with Gasteiger partial charge in [-0.3, -0.25) is 4.79 Å². The molecule has 2 rings (SSSR count). The Bertz CT molecular complexity index is 522. The summed E-state index contributed by atoms with van der Waals surface area (Å²) in [6.45, 7) is 6.66. The Balaban J connectivity index is 1.85. The van der Waals surface area contributed by atoms with Crippen molar-refractivity contribution in [2.24, 2.45) is 11.8 Å². The fraction of sp³-hybridized carbons (Fsp3) is 0.625. The van der Waals surface area contributed by atoms with Crippen LogP contribution in [0.3, 0.4) is 0 Å². The smallest absolute Gasteiger partial charge is 0.348 e. The first-order valence-electron chi connectivity index (χ1n) is 7.51. The van der Waals surface area contributed by atoms with Crippen molar-refractivity contribution in [2.45, 2.75) is 40.0 Å². The molecule has 4 nitrogen and oxygen atoms in total. The van der Waals surface area contributed by atoms with Gasteiger partial charge in [0.15, 0.2) is 6.61 Å². The lowest BCUT2D eigenvalue weighted by Crippen LogP contribution is -2.31. The molecular formula is C16H23NO3S. The predicted molar refractivity (Wildman–Crippen MR) is 83.6 cm³/mol. The Morgan fingerprint density at radius 3 is 2.95 bits per heavy atom. The Labute approximate surface area is 129 Å². The second kappa shape index (κ2) is 7.07. The van der Waals surface area contributed by atoms with Crippen molar-refractivity contribution in [3.63, 3.8) is 0 Å². The van der Waals surface area contributed by atoms with E-state index in [9.17, 15) is 9.59 Å². The van der Waals surface area contributed by atoms with Gasteiger partial charge in [-0.2, -0.15) is 0 Å². The first kappa shape index (κ1) is 16.0. The third-order valence-electron chi connectivity index (χ3n) is 3.57. The van der Waals surface area contributed by atoms with Crippen LogP contribution in [0.1, 0.15) is 47.3 Å². The number of carbonyl (C=O) groups is 2. The Kier molecular flexibility index (Phi) is 5.39. The molecule has 1 N–H and O–H groups in total. The van der Waals surface area contributed by atoms with Crippen LogP contribution in [0.2, 0.25) is 0 Å². The zero-order valence-corrected chi connectivity index (χ0v) is 13.7. The maximum atomic E-state index is 12.0.